The predicted octanol–water partition coefficient (Wildman–Crippen LogP) is 2.81. The third-order valence-electron chi connectivity index (χ3n) is 3.34. The molecule has 0 rings (SSSR count). The minimum atomic E-state index is -0.115. The summed E-state index contributed by atoms with van der Waals surface area (Å²) in [7, 11) is 1.44. The van der Waals surface area contributed by atoms with Crippen molar-refractivity contribution < 1.29 is 9.53 Å². The van der Waals surface area contributed by atoms with Crippen molar-refractivity contribution in [2.45, 2.75) is 57.6 Å². The lowest BCUT2D eigenvalue weighted by molar-refractivity contribution is -0.140. The van der Waals surface area contributed by atoms with Crippen LogP contribution >= 0.6 is 11.8 Å². The van der Waals surface area contributed by atoms with Gasteiger partial charge in [0.1, 0.15) is 0 Å². The maximum absolute atomic E-state index is 11.0. The summed E-state index contributed by atoms with van der Waals surface area (Å²) in [5.41, 5.74) is 0. The zero-order valence-corrected chi connectivity index (χ0v) is 15.6. The van der Waals surface area contributed by atoms with E-state index in [2.05, 4.69) is 47.4 Å². The molecule has 0 atom stereocenters. The minimum Gasteiger partial charge on any atom is -0.469 e. The van der Waals surface area contributed by atoms with Crippen molar-refractivity contribution in [1.29, 1.82) is 0 Å². The first-order chi connectivity index (χ1) is 10.4. The first-order valence-corrected chi connectivity index (χ1v) is 9.31. The van der Waals surface area contributed by atoms with Gasteiger partial charge in [-0.3, -0.25) is 9.79 Å². The van der Waals surface area contributed by atoms with Gasteiger partial charge in [-0.2, -0.15) is 11.8 Å². The Morgan fingerprint density at radius 1 is 1.18 bits per heavy atom. The van der Waals surface area contributed by atoms with Crippen LogP contribution in [-0.4, -0.2) is 49.7 Å². The summed E-state index contributed by atoms with van der Waals surface area (Å²) in [5.74, 6) is 0.773. The van der Waals surface area contributed by atoms with Crippen LogP contribution in [0.4, 0.5) is 0 Å². The van der Waals surface area contributed by atoms with Crippen molar-refractivity contribution in [3.05, 3.63) is 0 Å². The number of nitrogens with one attached hydrogen (secondary N) is 2. The van der Waals surface area contributed by atoms with E-state index in [0.29, 0.717) is 6.42 Å². The molecule has 0 aromatic carbocycles. The van der Waals surface area contributed by atoms with Crippen LogP contribution < -0.4 is 10.6 Å². The summed E-state index contributed by atoms with van der Waals surface area (Å²) in [6.45, 7) is 9.04. The molecule has 0 aliphatic rings. The fraction of sp³-hybridized carbons (Fsp3) is 0.875. The van der Waals surface area contributed by atoms with E-state index in [9.17, 15) is 4.79 Å². The van der Waals surface area contributed by atoms with Crippen molar-refractivity contribution in [3.8, 4) is 0 Å². The number of unbranched alkanes of at least 4 members (excludes halogenated alkanes) is 3. The molecule has 0 aromatic heterocycles. The summed E-state index contributed by atoms with van der Waals surface area (Å²) < 4.78 is 4.79. The molecule has 2 N–H and O–H groups in total. The number of guanidine groups is 1. The highest BCUT2D eigenvalue weighted by Crippen LogP contribution is 2.20. The molecule has 22 heavy (non-hydrogen) atoms. The number of nitrogens with zero attached hydrogens (tertiary/aromatic N) is 1. The molecule has 0 radical (unpaired) electrons. The van der Waals surface area contributed by atoms with Crippen LogP contribution in [0.3, 0.4) is 0 Å². The second-order valence-corrected chi connectivity index (χ2v) is 7.34. The zero-order chi connectivity index (χ0) is 16.8. The minimum absolute atomic E-state index is 0.115. The largest absolute Gasteiger partial charge is 0.469 e. The number of carbonyl (C=O) groups is 1. The van der Waals surface area contributed by atoms with Crippen LogP contribution in [-0.2, 0) is 9.53 Å². The van der Waals surface area contributed by atoms with E-state index in [0.717, 1.165) is 51.3 Å². The van der Waals surface area contributed by atoms with Crippen LogP contribution in [0, 0.1) is 0 Å². The van der Waals surface area contributed by atoms with E-state index in [4.69, 9.17) is 0 Å². The Labute approximate surface area is 140 Å². The van der Waals surface area contributed by atoms with E-state index in [1.165, 1.54) is 7.11 Å². The average molecular weight is 332 g/mol. The van der Waals surface area contributed by atoms with E-state index in [1.807, 2.05) is 11.8 Å². The van der Waals surface area contributed by atoms with Crippen LogP contribution in [0.15, 0.2) is 4.99 Å². The van der Waals surface area contributed by atoms with E-state index < -0.39 is 0 Å². The molecule has 0 unspecified atom stereocenters. The second-order valence-electron chi connectivity index (χ2n) is 5.83. The normalized spacial score (nSPS) is 12.1. The Bertz CT molecular complexity index is 333. The number of carbonyl (C=O) groups excluding carboxylic acids is 1. The number of aliphatic imine (C=N–C) groups is 1. The molecule has 6 heteroatoms. The molecule has 0 amide bonds. The van der Waals surface area contributed by atoms with Gasteiger partial charge in [-0.1, -0.05) is 12.8 Å². The van der Waals surface area contributed by atoms with Crippen LogP contribution in [0.5, 0.6) is 0 Å². The second kappa shape index (κ2) is 12.6. The molecule has 0 aliphatic heterocycles. The number of hydrogen-bond donors (Lipinski definition) is 2. The molecule has 130 valence electrons. The Morgan fingerprint density at radius 2 is 1.86 bits per heavy atom. The summed E-state index contributed by atoms with van der Waals surface area (Å²) in [6.07, 6.45) is 6.80. The highest BCUT2D eigenvalue weighted by molar-refractivity contribution is 7.99. The molecule has 0 spiro atoms. The van der Waals surface area contributed by atoms with Crippen molar-refractivity contribution >= 4 is 23.7 Å². The number of rotatable bonds is 11. The molecule has 0 aliphatic carbocycles. The lowest BCUT2D eigenvalue weighted by atomic mass is 10.1. The van der Waals surface area contributed by atoms with E-state index >= 15 is 0 Å². The van der Waals surface area contributed by atoms with Crippen molar-refractivity contribution in [2.24, 2.45) is 4.99 Å². The Hall–Kier alpha value is -0.910. The quantitative estimate of drug-likeness (QED) is 0.264. The number of ether oxygens (including phenoxy) is 1. The maximum Gasteiger partial charge on any atom is 0.305 e. The van der Waals surface area contributed by atoms with Crippen molar-refractivity contribution in [1.82, 2.24) is 10.6 Å². The average Bonchev–Trinajstić information content (AvgIpc) is 2.51. The molecule has 0 saturated carbocycles. The lowest BCUT2D eigenvalue weighted by Gasteiger charge is -2.20. The predicted molar refractivity (Wildman–Crippen MR) is 96.7 cm³/mol. The lowest BCUT2D eigenvalue weighted by Crippen LogP contribution is -2.38. The standard InChI is InChI=1S/C16H33N3O2S/c1-6-17-15(19-13-16(2,3)22-5)18-12-10-8-7-9-11-14(20)21-4/h6-13H2,1-5H3,(H2,17,18,19). The van der Waals surface area contributed by atoms with Gasteiger partial charge < -0.3 is 15.4 Å². The van der Waals surface area contributed by atoms with Crippen molar-refractivity contribution in [3.63, 3.8) is 0 Å². The highest BCUT2D eigenvalue weighted by Gasteiger charge is 2.15. The molecule has 5 nitrogen and oxygen atoms in total. The SMILES string of the molecule is CCNC(=NCC(C)(C)SC)NCCCCCCC(=O)OC. The molecule has 0 aromatic rings. The summed E-state index contributed by atoms with van der Waals surface area (Å²) in [4.78, 5) is 15.6. The summed E-state index contributed by atoms with van der Waals surface area (Å²) >= 11 is 1.83. The number of thioether (sulfide) groups is 1. The molecule has 0 bridgehead atoms. The van der Waals surface area contributed by atoms with Gasteiger partial charge in [-0.15, -0.1) is 0 Å². The maximum atomic E-state index is 11.0. The first kappa shape index (κ1) is 21.1. The first-order valence-electron chi connectivity index (χ1n) is 8.09. The van der Waals surface area contributed by atoms with Crippen molar-refractivity contribution in [2.75, 3.05) is 33.0 Å². The van der Waals surface area contributed by atoms with Gasteiger partial charge in [0.05, 0.1) is 13.7 Å². The fourth-order valence-corrected chi connectivity index (χ4v) is 1.93. The number of esters is 1. The van der Waals surface area contributed by atoms with Gasteiger partial charge in [0.2, 0.25) is 0 Å². The van der Waals surface area contributed by atoms with Crippen LogP contribution in [0.1, 0.15) is 52.9 Å². The van der Waals surface area contributed by atoms with E-state index in [-0.39, 0.29) is 10.7 Å². The Kier molecular flexibility index (Phi) is 12.1. The Morgan fingerprint density at radius 3 is 2.45 bits per heavy atom. The Balaban J connectivity index is 3.87. The molecule has 0 saturated heterocycles. The summed E-state index contributed by atoms with van der Waals surface area (Å²) in [5, 5.41) is 6.64. The zero-order valence-electron chi connectivity index (χ0n) is 14.8. The van der Waals surface area contributed by atoms with E-state index in [1.54, 1.807) is 0 Å². The van der Waals surface area contributed by atoms with Gasteiger partial charge in [-0.05, 0) is 39.9 Å². The van der Waals surface area contributed by atoms with Gasteiger partial charge in [0.25, 0.3) is 0 Å². The molecule has 0 heterocycles. The fourth-order valence-electron chi connectivity index (χ4n) is 1.73. The van der Waals surface area contributed by atoms with Gasteiger partial charge in [0, 0.05) is 24.3 Å². The molecular weight excluding hydrogens is 298 g/mol. The van der Waals surface area contributed by atoms with Crippen LogP contribution in [0.2, 0.25) is 0 Å². The molecular formula is C16H33N3O2S. The number of methoxy groups -OCH3 is 1. The van der Waals surface area contributed by atoms with Crippen LogP contribution in [0.25, 0.3) is 0 Å². The third kappa shape index (κ3) is 11.7. The van der Waals surface area contributed by atoms with Gasteiger partial charge in [-0.25, -0.2) is 0 Å². The molecule has 0 fully saturated rings. The third-order valence-corrected chi connectivity index (χ3v) is 4.58. The summed E-state index contributed by atoms with van der Waals surface area (Å²) in [6, 6.07) is 0. The highest BCUT2D eigenvalue weighted by atomic mass is 32.2. The topological polar surface area (TPSA) is 62.7 Å². The van der Waals surface area contributed by atoms with Gasteiger partial charge in [0.15, 0.2) is 5.96 Å². The monoisotopic (exact) mass is 331 g/mol. The smallest absolute Gasteiger partial charge is 0.305 e. The van der Waals surface area contributed by atoms with Gasteiger partial charge >= 0.3 is 5.97 Å². The number of hydrogen-bond acceptors (Lipinski definition) is 4.